The summed E-state index contributed by atoms with van der Waals surface area (Å²) in [7, 11) is 0. The summed E-state index contributed by atoms with van der Waals surface area (Å²) in [5.41, 5.74) is 0.346. The van der Waals surface area contributed by atoms with Gasteiger partial charge in [-0.3, -0.25) is 9.59 Å². The number of halogens is 1. The van der Waals surface area contributed by atoms with Gasteiger partial charge in [-0.15, -0.1) is 11.3 Å². The molecule has 6 heteroatoms. The highest BCUT2D eigenvalue weighted by molar-refractivity contribution is 7.13. The van der Waals surface area contributed by atoms with Crippen LogP contribution >= 0.6 is 11.3 Å². The maximum Gasteiger partial charge on any atom is 0.264 e. The number of carbonyl (C=O) groups excluding carboxylic acids is 2. The number of aryl methyl sites for hydroxylation is 1. The van der Waals surface area contributed by atoms with Crippen molar-refractivity contribution in [2.45, 2.75) is 6.92 Å². The highest BCUT2D eigenvalue weighted by Crippen LogP contribution is 2.18. The molecule has 2 amide bonds. The lowest BCUT2D eigenvalue weighted by atomic mass is 10.1. The van der Waals surface area contributed by atoms with Crippen LogP contribution in [0.4, 0.5) is 4.39 Å². The standard InChI is InChI=1S/C17H17FN2O2S/c1-12-5-6-15(23-12)17(22)20-9-7-19(8-10-20)16(21)13-3-2-4-14(18)11-13/h2-6,11H,7-10H2,1H3. The molecule has 0 spiro atoms. The Morgan fingerprint density at radius 2 is 1.65 bits per heavy atom. The lowest BCUT2D eigenvalue weighted by Crippen LogP contribution is -2.50. The largest absolute Gasteiger partial charge is 0.335 e. The molecule has 0 N–H and O–H groups in total. The fraction of sp³-hybridized carbons (Fsp3) is 0.294. The van der Waals surface area contributed by atoms with Crippen LogP contribution in [0.5, 0.6) is 0 Å². The van der Waals surface area contributed by atoms with Crippen LogP contribution in [0.25, 0.3) is 0 Å². The van der Waals surface area contributed by atoms with E-state index in [0.29, 0.717) is 31.7 Å². The molecule has 1 fully saturated rings. The zero-order valence-corrected chi connectivity index (χ0v) is 13.6. The Hall–Kier alpha value is -2.21. The Bertz CT molecular complexity index is 736. The molecule has 120 valence electrons. The Balaban J connectivity index is 1.62. The third kappa shape index (κ3) is 3.42. The van der Waals surface area contributed by atoms with Crippen LogP contribution in [0, 0.1) is 12.7 Å². The van der Waals surface area contributed by atoms with Crippen molar-refractivity contribution in [2.75, 3.05) is 26.2 Å². The zero-order chi connectivity index (χ0) is 16.4. The average molecular weight is 332 g/mol. The van der Waals surface area contributed by atoms with Crippen molar-refractivity contribution in [3.05, 3.63) is 57.5 Å². The van der Waals surface area contributed by atoms with Crippen LogP contribution in [0.15, 0.2) is 36.4 Å². The number of benzene rings is 1. The summed E-state index contributed by atoms with van der Waals surface area (Å²) in [5, 5.41) is 0. The topological polar surface area (TPSA) is 40.6 Å². The van der Waals surface area contributed by atoms with E-state index in [1.165, 1.54) is 29.5 Å². The van der Waals surface area contributed by atoms with Crippen molar-refractivity contribution in [1.82, 2.24) is 9.80 Å². The van der Waals surface area contributed by atoms with Gasteiger partial charge in [0.25, 0.3) is 11.8 Å². The van der Waals surface area contributed by atoms with Crippen molar-refractivity contribution < 1.29 is 14.0 Å². The first-order valence-electron chi connectivity index (χ1n) is 7.45. The summed E-state index contributed by atoms with van der Waals surface area (Å²) in [6.45, 7) is 3.89. The van der Waals surface area contributed by atoms with E-state index in [1.54, 1.807) is 15.9 Å². The number of nitrogens with zero attached hydrogens (tertiary/aromatic N) is 2. The first-order chi connectivity index (χ1) is 11.0. The Kier molecular flexibility index (Phi) is 4.43. The number of carbonyl (C=O) groups is 2. The third-order valence-corrected chi connectivity index (χ3v) is 4.87. The Labute approximate surface area is 138 Å². The van der Waals surface area contributed by atoms with Crippen molar-refractivity contribution in [1.29, 1.82) is 0 Å². The average Bonchev–Trinajstić information content (AvgIpc) is 3.00. The number of rotatable bonds is 2. The van der Waals surface area contributed by atoms with Gasteiger partial charge in [-0.25, -0.2) is 4.39 Å². The lowest BCUT2D eigenvalue weighted by molar-refractivity contribution is 0.0538. The molecular formula is C17H17FN2O2S. The van der Waals surface area contributed by atoms with Crippen molar-refractivity contribution >= 4 is 23.2 Å². The van der Waals surface area contributed by atoms with Gasteiger partial charge in [0, 0.05) is 36.6 Å². The molecular weight excluding hydrogens is 315 g/mol. The molecule has 0 bridgehead atoms. The molecule has 4 nitrogen and oxygen atoms in total. The second-order valence-corrected chi connectivity index (χ2v) is 6.79. The molecule has 0 aliphatic carbocycles. The molecule has 1 aliphatic heterocycles. The molecule has 0 saturated carbocycles. The van der Waals surface area contributed by atoms with Gasteiger partial charge >= 0.3 is 0 Å². The molecule has 1 saturated heterocycles. The predicted octanol–water partition coefficient (Wildman–Crippen LogP) is 2.79. The first kappa shape index (κ1) is 15.7. The van der Waals surface area contributed by atoms with Crippen molar-refractivity contribution in [2.24, 2.45) is 0 Å². The number of amides is 2. The van der Waals surface area contributed by atoms with Gasteiger partial charge in [-0.2, -0.15) is 0 Å². The molecule has 3 rings (SSSR count). The van der Waals surface area contributed by atoms with E-state index < -0.39 is 5.82 Å². The van der Waals surface area contributed by atoms with Gasteiger partial charge in [0.2, 0.25) is 0 Å². The van der Waals surface area contributed by atoms with E-state index in [1.807, 2.05) is 19.1 Å². The maximum atomic E-state index is 13.2. The first-order valence-corrected chi connectivity index (χ1v) is 8.27. The number of piperazine rings is 1. The SMILES string of the molecule is Cc1ccc(C(=O)N2CCN(C(=O)c3cccc(F)c3)CC2)s1. The molecule has 0 unspecified atom stereocenters. The van der Waals surface area contributed by atoms with Gasteiger partial charge in [0.15, 0.2) is 0 Å². The van der Waals surface area contributed by atoms with Gasteiger partial charge in [-0.05, 0) is 37.3 Å². The monoisotopic (exact) mass is 332 g/mol. The highest BCUT2D eigenvalue weighted by Gasteiger charge is 2.26. The summed E-state index contributed by atoms with van der Waals surface area (Å²) in [5.74, 6) is -0.595. The van der Waals surface area contributed by atoms with Gasteiger partial charge in [-0.1, -0.05) is 6.07 Å². The quantitative estimate of drug-likeness (QED) is 0.848. The van der Waals surface area contributed by atoms with Crippen molar-refractivity contribution in [3.63, 3.8) is 0 Å². The third-order valence-electron chi connectivity index (χ3n) is 3.88. The van der Waals surface area contributed by atoms with Gasteiger partial charge in [0.05, 0.1) is 4.88 Å². The van der Waals surface area contributed by atoms with Gasteiger partial charge < -0.3 is 9.80 Å². The molecule has 1 aliphatic rings. The lowest BCUT2D eigenvalue weighted by Gasteiger charge is -2.34. The van der Waals surface area contributed by atoms with Crippen LogP contribution in [-0.4, -0.2) is 47.8 Å². The normalized spacial score (nSPS) is 14.9. The molecule has 2 aromatic rings. The second-order valence-electron chi connectivity index (χ2n) is 5.51. The molecule has 1 aromatic carbocycles. The smallest absolute Gasteiger partial charge is 0.264 e. The Morgan fingerprint density at radius 3 is 2.22 bits per heavy atom. The van der Waals surface area contributed by atoms with Crippen LogP contribution in [0.1, 0.15) is 24.9 Å². The van der Waals surface area contributed by atoms with E-state index >= 15 is 0 Å². The summed E-state index contributed by atoms with van der Waals surface area (Å²) in [6.07, 6.45) is 0. The minimum atomic E-state index is -0.419. The van der Waals surface area contributed by atoms with Crippen molar-refractivity contribution in [3.8, 4) is 0 Å². The molecule has 23 heavy (non-hydrogen) atoms. The molecule has 0 atom stereocenters. The van der Waals surface area contributed by atoms with E-state index in [-0.39, 0.29) is 11.8 Å². The fourth-order valence-electron chi connectivity index (χ4n) is 2.62. The van der Waals surface area contributed by atoms with Gasteiger partial charge in [0.1, 0.15) is 5.82 Å². The minimum Gasteiger partial charge on any atom is -0.335 e. The summed E-state index contributed by atoms with van der Waals surface area (Å²) >= 11 is 1.48. The van der Waals surface area contributed by atoms with E-state index in [4.69, 9.17) is 0 Å². The van der Waals surface area contributed by atoms with Crippen LogP contribution in [-0.2, 0) is 0 Å². The number of thiophene rings is 1. The fourth-order valence-corrected chi connectivity index (χ4v) is 3.46. The van der Waals surface area contributed by atoms with Crippen LogP contribution < -0.4 is 0 Å². The number of hydrogen-bond donors (Lipinski definition) is 0. The maximum absolute atomic E-state index is 13.2. The zero-order valence-electron chi connectivity index (χ0n) is 12.8. The van der Waals surface area contributed by atoms with E-state index in [9.17, 15) is 14.0 Å². The highest BCUT2D eigenvalue weighted by atomic mass is 32.1. The summed E-state index contributed by atoms with van der Waals surface area (Å²) in [4.78, 5) is 30.0. The summed E-state index contributed by atoms with van der Waals surface area (Å²) < 4.78 is 13.2. The van der Waals surface area contributed by atoms with E-state index in [2.05, 4.69) is 0 Å². The predicted molar refractivity (Wildman–Crippen MR) is 87.3 cm³/mol. The second kappa shape index (κ2) is 6.50. The number of hydrogen-bond acceptors (Lipinski definition) is 3. The van der Waals surface area contributed by atoms with Crippen LogP contribution in [0.3, 0.4) is 0 Å². The molecule has 1 aromatic heterocycles. The van der Waals surface area contributed by atoms with Crippen LogP contribution in [0.2, 0.25) is 0 Å². The molecule has 2 heterocycles. The minimum absolute atomic E-state index is 0.0148. The molecule has 0 radical (unpaired) electrons. The van der Waals surface area contributed by atoms with E-state index in [0.717, 1.165) is 9.75 Å². The summed E-state index contributed by atoms with van der Waals surface area (Å²) in [6, 6.07) is 9.47. The Morgan fingerprint density at radius 1 is 1.00 bits per heavy atom.